The molecule has 0 atom stereocenters. The first-order chi connectivity index (χ1) is 13.7. The standard InChI is InChI=1S/C22H38N6/c1-4-11-27-12-9-20(10-13-27)26-22(23-3)25-17-19-5-6-21(24-16-19)28-14-7-18(2)8-15-28/h5-6,16,18,20H,4,7-15,17H2,1-3H3,(H2,23,25,26). The normalized spacial score (nSPS) is 20.4. The lowest BCUT2D eigenvalue weighted by atomic mass is 9.99. The van der Waals surface area contributed by atoms with E-state index in [1.165, 1.54) is 57.3 Å². The van der Waals surface area contributed by atoms with Gasteiger partial charge in [0.25, 0.3) is 0 Å². The van der Waals surface area contributed by atoms with Crippen LogP contribution in [0, 0.1) is 5.92 Å². The zero-order valence-corrected chi connectivity index (χ0v) is 18.0. The van der Waals surface area contributed by atoms with E-state index >= 15 is 0 Å². The maximum atomic E-state index is 4.69. The number of hydrogen-bond acceptors (Lipinski definition) is 4. The number of aliphatic imine (C=N–C) groups is 1. The molecule has 1 aromatic rings. The third kappa shape index (κ3) is 6.09. The first-order valence-corrected chi connectivity index (χ1v) is 11.1. The van der Waals surface area contributed by atoms with Crippen LogP contribution < -0.4 is 15.5 Å². The molecule has 6 heteroatoms. The smallest absolute Gasteiger partial charge is 0.191 e. The number of pyridine rings is 1. The second-order valence-electron chi connectivity index (χ2n) is 8.38. The summed E-state index contributed by atoms with van der Waals surface area (Å²) in [7, 11) is 1.85. The van der Waals surface area contributed by atoms with Gasteiger partial charge in [-0.2, -0.15) is 0 Å². The van der Waals surface area contributed by atoms with Gasteiger partial charge in [0, 0.05) is 52.0 Å². The average Bonchev–Trinajstić information content (AvgIpc) is 2.73. The van der Waals surface area contributed by atoms with Crippen LogP contribution in [0.3, 0.4) is 0 Å². The van der Waals surface area contributed by atoms with E-state index < -0.39 is 0 Å². The predicted molar refractivity (Wildman–Crippen MR) is 118 cm³/mol. The molecule has 2 saturated heterocycles. The van der Waals surface area contributed by atoms with E-state index in [1.54, 1.807) is 0 Å². The molecule has 0 unspecified atom stereocenters. The van der Waals surface area contributed by atoms with Crippen molar-refractivity contribution in [2.75, 3.05) is 44.7 Å². The Balaban J connectivity index is 1.42. The fourth-order valence-corrected chi connectivity index (χ4v) is 4.14. The van der Waals surface area contributed by atoms with Gasteiger partial charge in [-0.25, -0.2) is 4.98 Å². The third-order valence-corrected chi connectivity index (χ3v) is 6.07. The van der Waals surface area contributed by atoms with E-state index in [1.807, 2.05) is 13.2 Å². The van der Waals surface area contributed by atoms with Crippen LogP contribution in [0.4, 0.5) is 5.82 Å². The molecule has 2 N–H and O–H groups in total. The Labute approximate surface area is 170 Å². The number of anilines is 1. The molecule has 0 amide bonds. The molecule has 0 spiro atoms. The van der Waals surface area contributed by atoms with Crippen LogP contribution in [0.5, 0.6) is 0 Å². The van der Waals surface area contributed by atoms with Crippen molar-refractivity contribution in [3.8, 4) is 0 Å². The molecule has 0 aromatic carbocycles. The minimum Gasteiger partial charge on any atom is -0.357 e. The number of nitrogens with one attached hydrogen (secondary N) is 2. The Morgan fingerprint density at radius 1 is 1.14 bits per heavy atom. The Morgan fingerprint density at radius 2 is 1.89 bits per heavy atom. The summed E-state index contributed by atoms with van der Waals surface area (Å²) in [6.45, 7) is 11.2. The van der Waals surface area contributed by atoms with Crippen LogP contribution in [-0.2, 0) is 6.54 Å². The summed E-state index contributed by atoms with van der Waals surface area (Å²) in [5.74, 6) is 2.85. The van der Waals surface area contributed by atoms with E-state index in [9.17, 15) is 0 Å². The van der Waals surface area contributed by atoms with Crippen molar-refractivity contribution in [2.24, 2.45) is 10.9 Å². The number of aromatic nitrogens is 1. The van der Waals surface area contributed by atoms with Gasteiger partial charge in [-0.15, -0.1) is 0 Å². The summed E-state index contributed by atoms with van der Waals surface area (Å²) >= 11 is 0. The second-order valence-corrected chi connectivity index (χ2v) is 8.38. The maximum absolute atomic E-state index is 4.69. The highest BCUT2D eigenvalue weighted by Gasteiger charge is 2.19. The van der Waals surface area contributed by atoms with Crippen molar-refractivity contribution in [3.05, 3.63) is 23.9 Å². The molecule has 0 saturated carbocycles. The van der Waals surface area contributed by atoms with Crippen LogP contribution in [0.25, 0.3) is 0 Å². The quantitative estimate of drug-likeness (QED) is 0.582. The molecule has 0 aliphatic carbocycles. The van der Waals surface area contributed by atoms with Gasteiger partial charge in [0.2, 0.25) is 0 Å². The van der Waals surface area contributed by atoms with Crippen molar-refractivity contribution in [3.63, 3.8) is 0 Å². The molecule has 1 aromatic heterocycles. The zero-order valence-electron chi connectivity index (χ0n) is 18.0. The monoisotopic (exact) mass is 386 g/mol. The van der Waals surface area contributed by atoms with Crippen LogP contribution >= 0.6 is 0 Å². The Bertz CT molecular complexity index is 598. The van der Waals surface area contributed by atoms with Gasteiger partial charge in [0.05, 0.1) is 0 Å². The number of rotatable bonds is 6. The molecular formula is C22H38N6. The average molecular weight is 387 g/mol. The summed E-state index contributed by atoms with van der Waals surface area (Å²) in [6, 6.07) is 4.86. The summed E-state index contributed by atoms with van der Waals surface area (Å²) in [5.41, 5.74) is 1.19. The number of piperidine rings is 2. The molecule has 2 aliphatic heterocycles. The highest BCUT2D eigenvalue weighted by Crippen LogP contribution is 2.21. The molecule has 6 nitrogen and oxygen atoms in total. The maximum Gasteiger partial charge on any atom is 0.191 e. The molecule has 3 rings (SSSR count). The van der Waals surface area contributed by atoms with Crippen LogP contribution in [0.15, 0.2) is 23.3 Å². The van der Waals surface area contributed by atoms with Crippen LogP contribution in [0.2, 0.25) is 0 Å². The molecule has 0 bridgehead atoms. The van der Waals surface area contributed by atoms with E-state index in [2.05, 4.69) is 51.4 Å². The number of hydrogen-bond donors (Lipinski definition) is 2. The molecular weight excluding hydrogens is 348 g/mol. The number of nitrogens with zero attached hydrogens (tertiary/aromatic N) is 4. The lowest BCUT2D eigenvalue weighted by Crippen LogP contribution is -2.48. The molecule has 2 aliphatic rings. The first-order valence-electron chi connectivity index (χ1n) is 11.1. The largest absolute Gasteiger partial charge is 0.357 e. The molecule has 28 heavy (non-hydrogen) atoms. The van der Waals surface area contributed by atoms with Crippen LogP contribution in [-0.4, -0.2) is 61.7 Å². The van der Waals surface area contributed by atoms with E-state index in [-0.39, 0.29) is 0 Å². The molecule has 156 valence electrons. The minimum absolute atomic E-state index is 0.515. The highest BCUT2D eigenvalue weighted by molar-refractivity contribution is 5.79. The van der Waals surface area contributed by atoms with Crippen LogP contribution in [0.1, 0.15) is 51.5 Å². The fourth-order valence-electron chi connectivity index (χ4n) is 4.14. The van der Waals surface area contributed by atoms with Gasteiger partial charge in [-0.05, 0) is 56.2 Å². The summed E-state index contributed by atoms with van der Waals surface area (Å²) in [4.78, 5) is 14.1. The van der Waals surface area contributed by atoms with Gasteiger partial charge in [0.15, 0.2) is 5.96 Å². The summed E-state index contributed by atoms with van der Waals surface area (Å²) < 4.78 is 0. The van der Waals surface area contributed by atoms with Gasteiger partial charge in [-0.3, -0.25) is 4.99 Å². The molecule has 0 radical (unpaired) electrons. The second kappa shape index (κ2) is 10.6. The summed E-state index contributed by atoms with van der Waals surface area (Å²) in [5, 5.41) is 7.04. The highest BCUT2D eigenvalue weighted by atomic mass is 15.2. The number of likely N-dealkylation sites (tertiary alicyclic amines) is 1. The van der Waals surface area contributed by atoms with E-state index in [0.717, 1.165) is 37.3 Å². The lowest BCUT2D eigenvalue weighted by molar-refractivity contribution is 0.206. The predicted octanol–water partition coefficient (Wildman–Crippen LogP) is 2.86. The molecule has 3 heterocycles. The Kier molecular flexibility index (Phi) is 7.95. The first kappa shape index (κ1) is 20.9. The SMILES string of the molecule is CCCN1CCC(NC(=NC)NCc2ccc(N3CCC(C)CC3)nc2)CC1. The topological polar surface area (TPSA) is 55.8 Å². The van der Waals surface area contributed by atoms with Gasteiger partial charge < -0.3 is 20.4 Å². The van der Waals surface area contributed by atoms with Crippen molar-refractivity contribution in [2.45, 2.75) is 58.5 Å². The van der Waals surface area contributed by atoms with E-state index in [4.69, 9.17) is 4.98 Å². The van der Waals surface area contributed by atoms with E-state index in [0.29, 0.717) is 6.04 Å². The zero-order chi connectivity index (χ0) is 19.8. The Morgan fingerprint density at radius 3 is 2.50 bits per heavy atom. The van der Waals surface area contributed by atoms with Crippen molar-refractivity contribution in [1.82, 2.24) is 20.5 Å². The lowest BCUT2D eigenvalue weighted by Gasteiger charge is -2.32. The minimum atomic E-state index is 0.515. The number of guanidine groups is 1. The van der Waals surface area contributed by atoms with Gasteiger partial charge in [-0.1, -0.05) is 19.9 Å². The van der Waals surface area contributed by atoms with Crippen molar-refractivity contribution < 1.29 is 0 Å². The third-order valence-electron chi connectivity index (χ3n) is 6.07. The van der Waals surface area contributed by atoms with Gasteiger partial charge in [0.1, 0.15) is 5.82 Å². The van der Waals surface area contributed by atoms with Crippen molar-refractivity contribution in [1.29, 1.82) is 0 Å². The fraction of sp³-hybridized carbons (Fsp3) is 0.727. The Hall–Kier alpha value is -1.82. The van der Waals surface area contributed by atoms with Crippen molar-refractivity contribution >= 4 is 11.8 Å². The van der Waals surface area contributed by atoms with Gasteiger partial charge >= 0.3 is 0 Å². The molecule has 2 fully saturated rings. The summed E-state index contributed by atoms with van der Waals surface area (Å²) in [6.07, 6.45) is 8.15.